The Bertz CT molecular complexity index is 364. The third-order valence-corrected chi connectivity index (χ3v) is 6.14. The minimum atomic E-state index is -2.25. The lowest BCUT2D eigenvalue weighted by Crippen LogP contribution is -2.54. The highest BCUT2D eigenvalue weighted by atomic mass is 28.4. The first-order chi connectivity index (χ1) is 8.08. The maximum Gasteiger partial charge on any atom is 0.369 e. The van der Waals surface area contributed by atoms with Crippen LogP contribution in [-0.4, -0.2) is 35.5 Å². The quantitative estimate of drug-likeness (QED) is 0.746. The molecule has 0 amide bonds. The summed E-state index contributed by atoms with van der Waals surface area (Å²) in [7, 11) is -0.512. The fourth-order valence-electron chi connectivity index (χ4n) is 1.85. The standard InChI is InChI=1S/C13H20O3Si/c1-13(9-15-10-13)11-16-17(3,14-2)12-7-5-4-6-8-12/h4-8H,9-11H2,1-3H3. The maximum absolute atomic E-state index is 6.11. The Morgan fingerprint density at radius 1 is 1.29 bits per heavy atom. The zero-order valence-electron chi connectivity index (χ0n) is 10.7. The van der Waals surface area contributed by atoms with Gasteiger partial charge in [-0.25, -0.2) is 0 Å². The Labute approximate surface area is 104 Å². The van der Waals surface area contributed by atoms with Crippen LogP contribution in [0.5, 0.6) is 0 Å². The number of hydrogen-bond donors (Lipinski definition) is 0. The molecule has 1 aromatic rings. The van der Waals surface area contributed by atoms with Crippen LogP contribution in [0.1, 0.15) is 6.92 Å². The maximum atomic E-state index is 6.11. The van der Waals surface area contributed by atoms with E-state index in [9.17, 15) is 0 Å². The van der Waals surface area contributed by atoms with Crippen LogP contribution in [0.15, 0.2) is 30.3 Å². The van der Waals surface area contributed by atoms with Gasteiger partial charge in [-0.05, 0) is 11.7 Å². The summed E-state index contributed by atoms with van der Waals surface area (Å²) in [4.78, 5) is 0. The van der Waals surface area contributed by atoms with Gasteiger partial charge in [-0.1, -0.05) is 37.3 Å². The molecule has 1 fully saturated rings. The van der Waals surface area contributed by atoms with E-state index < -0.39 is 8.56 Å². The molecule has 0 saturated carbocycles. The molecule has 0 spiro atoms. The molecule has 1 heterocycles. The highest BCUT2D eigenvalue weighted by molar-refractivity contribution is 6.79. The normalized spacial score (nSPS) is 21.6. The Kier molecular flexibility index (Phi) is 3.68. The van der Waals surface area contributed by atoms with Gasteiger partial charge in [-0.3, -0.25) is 0 Å². The summed E-state index contributed by atoms with van der Waals surface area (Å²) in [6, 6.07) is 10.2. The highest BCUT2D eigenvalue weighted by Gasteiger charge is 2.39. The molecule has 1 aromatic carbocycles. The molecule has 0 radical (unpaired) electrons. The molecule has 2 rings (SSSR count). The van der Waals surface area contributed by atoms with Crippen LogP contribution in [0.2, 0.25) is 6.55 Å². The van der Waals surface area contributed by atoms with Crippen LogP contribution in [-0.2, 0) is 13.6 Å². The van der Waals surface area contributed by atoms with Crippen molar-refractivity contribution < 1.29 is 13.6 Å². The van der Waals surface area contributed by atoms with Crippen molar-refractivity contribution in [3.05, 3.63) is 30.3 Å². The van der Waals surface area contributed by atoms with Crippen LogP contribution in [0.3, 0.4) is 0 Å². The first-order valence-electron chi connectivity index (χ1n) is 5.90. The zero-order valence-corrected chi connectivity index (χ0v) is 11.7. The van der Waals surface area contributed by atoms with Gasteiger partial charge in [0.2, 0.25) is 0 Å². The lowest BCUT2D eigenvalue weighted by Gasteiger charge is -2.40. The lowest BCUT2D eigenvalue weighted by atomic mass is 9.90. The molecule has 1 aliphatic rings. The average Bonchev–Trinajstić information content (AvgIpc) is 2.35. The van der Waals surface area contributed by atoms with Gasteiger partial charge in [0.1, 0.15) is 0 Å². The molecule has 17 heavy (non-hydrogen) atoms. The van der Waals surface area contributed by atoms with Gasteiger partial charge in [-0.15, -0.1) is 0 Å². The number of benzene rings is 1. The Morgan fingerprint density at radius 3 is 2.41 bits per heavy atom. The molecular weight excluding hydrogens is 232 g/mol. The number of hydrogen-bond acceptors (Lipinski definition) is 3. The molecule has 1 unspecified atom stereocenters. The minimum Gasteiger partial charge on any atom is -0.394 e. The van der Waals surface area contributed by atoms with Crippen molar-refractivity contribution in [2.45, 2.75) is 13.5 Å². The monoisotopic (exact) mass is 252 g/mol. The molecule has 1 aliphatic heterocycles. The third-order valence-electron chi connectivity index (χ3n) is 3.28. The van der Waals surface area contributed by atoms with E-state index in [1.807, 2.05) is 18.2 Å². The Morgan fingerprint density at radius 2 is 1.94 bits per heavy atom. The summed E-state index contributed by atoms with van der Waals surface area (Å²) in [5.74, 6) is 0. The van der Waals surface area contributed by atoms with E-state index in [1.54, 1.807) is 7.11 Å². The molecule has 1 atom stereocenters. The predicted molar refractivity (Wildman–Crippen MR) is 69.6 cm³/mol. The SMILES string of the molecule is CO[Si](C)(OCC1(C)COC1)c1ccccc1. The van der Waals surface area contributed by atoms with E-state index in [4.69, 9.17) is 13.6 Å². The highest BCUT2D eigenvalue weighted by Crippen LogP contribution is 2.27. The van der Waals surface area contributed by atoms with Gasteiger partial charge in [-0.2, -0.15) is 0 Å². The van der Waals surface area contributed by atoms with E-state index in [-0.39, 0.29) is 5.41 Å². The summed E-state index contributed by atoms with van der Waals surface area (Å²) in [5.41, 5.74) is 0.168. The molecule has 0 bridgehead atoms. The van der Waals surface area contributed by atoms with Gasteiger partial charge < -0.3 is 13.6 Å². The van der Waals surface area contributed by atoms with Gasteiger partial charge >= 0.3 is 8.56 Å². The summed E-state index contributed by atoms with van der Waals surface area (Å²) >= 11 is 0. The predicted octanol–water partition coefficient (Wildman–Crippen LogP) is 1.67. The first-order valence-corrected chi connectivity index (χ1v) is 8.22. The topological polar surface area (TPSA) is 27.7 Å². The van der Waals surface area contributed by atoms with Crippen LogP contribution >= 0.6 is 0 Å². The van der Waals surface area contributed by atoms with E-state index >= 15 is 0 Å². The minimum absolute atomic E-state index is 0.168. The van der Waals surface area contributed by atoms with Gasteiger partial charge in [0, 0.05) is 19.1 Å². The van der Waals surface area contributed by atoms with Crippen molar-refractivity contribution in [3.63, 3.8) is 0 Å². The molecule has 0 N–H and O–H groups in total. The molecule has 1 saturated heterocycles. The molecular formula is C13H20O3Si. The van der Waals surface area contributed by atoms with Crippen molar-refractivity contribution in [2.24, 2.45) is 5.41 Å². The largest absolute Gasteiger partial charge is 0.394 e. The van der Waals surface area contributed by atoms with Crippen LogP contribution in [0.4, 0.5) is 0 Å². The Balaban J connectivity index is 2.04. The summed E-state index contributed by atoms with van der Waals surface area (Å²) in [5, 5.41) is 1.17. The van der Waals surface area contributed by atoms with Gasteiger partial charge in [0.25, 0.3) is 0 Å². The number of ether oxygens (including phenoxy) is 1. The number of rotatable bonds is 5. The second kappa shape index (κ2) is 4.90. The van der Waals surface area contributed by atoms with E-state index in [0.717, 1.165) is 13.2 Å². The second-order valence-corrected chi connectivity index (χ2v) is 8.27. The molecule has 0 aliphatic carbocycles. The van der Waals surface area contributed by atoms with Crippen molar-refractivity contribution >= 4 is 13.7 Å². The van der Waals surface area contributed by atoms with Crippen LogP contribution in [0.25, 0.3) is 0 Å². The van der Waals surface area contributed by atoms with Gasteiger partial charge in [0.15, 0.2) is 0 Å². The fraction of sp³-hybridized carbons (Fsp3) is 0.538. The van der Waals surface area contributed by atoms with E-state index in [0.29, 0.717) is 6.61 Å². The van der Waals surface area contributed by atoms with E-state index in [1.165, 1.54) is 5.19 Å². The lowest BCUT2D eigenvalue weighted by molar-refractivity contribution is -0.123. The van der Waals surface area contributed by atoms with Crippen LogP contribution < -0.4 is 5.19 Å². The van der Waals surface area contributed by atoms with Crippen molar-refractivity contribution in [1.29, 1.82) is 0 Å². The van der Waals surface area contributed by atoms with Crippen LogP contribution in [0, 0.1) is 5.41 Å². The summed E-state index contributed by atoms with van der Waals surface area (Å²) in [6.07, 6.45) is 0. The van der Waals surface area contributed by atoms with E-state index in [2.05, 4.69) is 25.6 Å². The summed E-state index contributed by atoms with van der Waals surface area (Å²) in [6.45, 7) is 6.56. The third kappa shape index (κ3) is 2.77. The zero-order chi connectivity index (χ0) is 12.4. The molecule has 3 nitrogen and oxygen atoms in total. The fourth-order valence-corrected chi connectivity index (χ4v) is 3.79. The first kappa shape index (κ1) is 12.8. The van der Waals surface area contributed by atoms with Crippen molar-refractivity contribution in [3.8, 4) is 0 Å². The average molecular weight is 252 g/mol. The van der Waals surface area contributed by atoms with Crippen molar-refractivity contribution in [2.75, 3.05) is 26.9 Å². The molecule has 94 valence electrons. The molecule has 0 aromatic heterocycles. The molecule has 4 heteroatoms. The Hall–Kier alpha value is -0.683. The van der Waals surface area contributed by atoms with Gasteiger partial charge in [0.05, 0.1) is 13.2 Å². The summed E-state index contributed by atoms with van der Waals surface area (Å²) < 4.78 is 17.0. The van der Waals surface area contributed by atoms with Crippen molar-refractivity contribution in [1.82, 2.24) is 0 Å². The second-order valence-electron chi connectivity index (χ2n) is 5.11. The smallest absolute Gasteiger partial charge is 0.369 e.